The van der Waals surface area contributed by atoms with Crippen molar-refractivity contribution in [2.24, 2.45) is 0 Å². The first kappa shape index (κ1) is 16.7. The highest BCUT2D eigenvalue weighted by Crippen LogP contribution is 2.22. The molecule has 6 nitrogen and oxygen atoms in total. The van der Waals surface area contributed by atoms with E-state index in [0.717, 1.165) is 35.3 Å². The van der Waals surface area contributed by atoms with Crippen molar-refractivity contribution < 1.29 is 9.53 Å². The zero-order valence-corrected chi connectivity index (χ0v) is 14.8. The third kappa shape index (κ3) is 3.32. The van der Waals surface area contributed by atoms with E-state index in [2.05, 4.69) is 21.5 Å². The normalized spacial score (nSPS) is 14.3. The van der Waals surface area contributed by atoms with Gasteiger partial charge in [0.15, 0.2) is 5.65 Å². The summed E-state index contributed by atoms with van der Waals surface area (Å²) in [4.78, 5) is 16.4. The van der Waals surface area contributed by atoms with Crippen LogP contribution in [0.15, 0.2) is 42.7 Å². The van der Waals surface area contributed by atoms with Gasteiger partial charge in [0.1, 0.15) is 0 Å². The van der Waals surface area contributed by atoms with Crippen LogP contribution in [0.25, 0.3) is 16.7 Å². The standard InChI is InChI=1S/C20H22N4O2/c1-21-20(25)15-4-2-5-17(11-15)24-19-16(13-23-24)10-14(12-22-19)8-9-26-18-6-3-7-18/h2,4-5,10-13,18H,3,6-9H2,1H3,(H,21,25). The first-order chi connectivity index (χ1) is 12.7. The van der Waals surface area contributed by atoms with Gasteiger partial charge < -0.3 is 10.1 Å². The van der Waals surface area contributed by atoms with Gasteiger partial charge in [-0.15, -0.1) is 0 Å². The average molecular weight is 350 g/mol. The van der Waals surface area contributed by atoms with Crippen molar-refractivity contribution >= 4 is 16.9 Å². The van der Waals surface area contributed by atoms with Crippen molar-refractivity contribution in [1.29, 1.82) is 0 Å². The van der Waals surface area contributed by atoms with Crippen LogP contribution in [0.2, 0.25) is 0 Å². The quantitative estimate of drug-likeness (QED) is 0.742. The Morgan fingerprint density at radius 2 is 2.19 bits per heavy atom. The molecule has 2 heterocycles. The molecule has 1 N–H and O–H groups in total. The molecule has 3 aromatic rings. The number of fused-ring (bicyclic) bond motifs is 1. The summed E-state index contributed by atoms with van der Waals surface area (Å²) in [6.07, 6.45) is 8.69. The van der Waals surface area contributed by atoms with Crippen LogP contribution in [-0.2, 0) is 11.2 Å². The average Bonchev–Trinajstić information content (AvgIpc) is 3.06. The van der Waals surface area contributed by atoms with Crippen molar-refractivity contribution in [2.45, 2.75) is 31.8 Å². The lowest BCUT2D eigenvalue weighted by Gasteiger charge is -2.25. The fourth-order valence-electron chi connectivity index (χ4n) is 3.10. The second-order valence-corrected chi connectivity index (χ2v) is 6.62. The molecule has 1 aromatic carbocycles. The molecule has 6 heteroatoms. The molecule has 1 saturated carbocycles. The number of nitrogens with zero attached hydrogens (tertiary/aromatic N) is 3. The van der Waals surface area contributed by atoms with Gasteiger partial charge in [-0.3, -0.25) is 4.79 Å². The van der Waals surface area contributed by atoms with E-state index in [1.807, 2.05) is 30.6 Å². The van der Waals surface area contributed by atoms with Gasteiger partial charge in [-0.2, -0.15) is 5.10 Å². The number of amides is 1. The molecule has 26 heavy (non-hydrogen) atoms. The van der Waals surface area contributed by atoms with Crippen molar-refractivity contribution in [3.8, 4) is 5.69 Å². The Morgan fingerprint density at radius 3 is 2.96 bits per heavy atom. The summed E-state index contributed by atoms with van der Waals surface area (Å²) in [5.74, 6) is -0.120. The summed E-state index contributed by atoms with van der Waals surface area (Å²) in [7, 11) is 1.62. The number of aromatic nitrogens is 3. The monoisotopic (exact) mass is 350 g/mol. The number of carbonyl (C=O) groups is 1. The summed E-state index contributed by atoms with van der Waals surface area (Å²) in [5.41, 5.74) is 3.34. The van der Waals surface area contributed by atoms with Crippen LogP contribution in [0.1, 0.15) is 35.2 Å². The highest BCUT2D eigenvalue weighted by molar-refractivity contribution is 5.94. The Morgan fingerprint density at radius 1 is 1.31 bits per heavy atom. The van der Waals surface area contributed by atoms with E-state index in [-0.39, 0.29) is 5.91 Å². The van der Waals surface area contributed by atoms with Gasteiger partial charge in [-0.25, -0.2) is 9.67 Å². The van der Waals surface area contributed by atoms with Gasteiger partial charge in [-0.1, -0.05) is 6.07 Å². The maximum atomic E-state index is 11.8. The smallest absolute Gasteiger partial charge is 0.251 e. The maximum absolute atomic E-state index is 11.8. The molecule has 1 amide bonds. The molecule has 2 aromatic heterocycles. The minimum absolute atomic E-state index is 0.120. The highest BCUT2D eigenvalue weighted by atomic mass is 16.5. The molecule has 1 aliphatic carbocycles. The fourth-order valence-corrected chi connectivity index (χ4v) is 3.10. The lowest BCUT2D eigenvalue weighted by molar-refractivity contribution is 0.00412. The van der Waals surface area contributed by atoms with Gasteiger partial charge in [0.25, 0.3) is 5.91 Å². The summed E-state index contributed by atoms with van der Waals surface area (Å²) >= 11 is 0. The van der Waals surface area contributed by atoms with E-state index in [4.69, 9.17) is 4.74 Å². The maximum Gasteiger partial charge on any atom is 0.251 e. The molecule has 0 spiro atoms. The van der Waals surface area contributed by atoms with E-state index in [9.17, 15) is 4.79 Å². The van der Waals surface area contributed by atoms with Crippen molar-refractivity contribution in [2.75, 3.05) is 13.7 Å². The molecular formula is C20H22N4O2. The van der Waals surface area contributed by atoms with Crippen LogP contribution in [0.4, 0.5) is 0 Å². The molecule has 0 bridgehead atoms. The van der Waals surface area contributed by atoms with E-state index in [0.29, 0.717) is 11.7 Å². The van der Waals surface area contributed by atoms with Gasteiger partial charge in [0.05, 0.1) is 24.6 Å². The number of benzene rings is 1. The summed E-state index contributed by atoms with van der Waals surface area (Å²) < 4.78 is 7.59. The van der Waals surface area contributed by atoms with E-state index in [1.165, 1.54) is 19.3 Å². The molecule has 1 aliphatic rings. The third-order valence-electron chi connectivity index (χ3n) is 4.84. The minimum atomic E-state index is -0.120. The van der Waals surface area contributed by atoms with Crippen LogP contribution in [0.5, 0.6) is 0 Å². The largest absolute Gasteiger partial charge is 0.378 e. The highest BCUT2D eigenvalue weighted by Gasteiger charge is 2.17. The molecule has 0 atom stereocenters. The molecule has 4 rings (SSSR count). The number of ether oxygens (including phenoxy) is 1. The molecule has 0 unspecified atom stereocenters. The Hall–Kier alpha value is -2.73. The second kappa shape index (κ2) is 7.25. The molecule has 134 valence electrons. The van der Waals surface area contributed by atoms with E-state index in [1.54, 1.807) is 17.8 Å². The minimum Gasteiger partial charge on any atom is -0.378 e. The number of pyridine rings is 1. The van der Waals surface area contributed by atoms with Gasteiger partial charge in [-0.05, 0) is 55.5 Å². The molecule has 0 aliphatic heterocycles. The van der Waals surface area contributed by atoms with Crippen molar-refractivity contribution in [3.05, 3.63) is 53.9 Å². The Bertz CT molecular complexity index is 930. The summed E-state index contributed by atoms with van der Waals surface area (Å²) in [6, 6.07) is 9.47. The molecule has 0 saturated heterocycles. The molecule has 1 fully saturated rings. The predicted octanol–water partition coefficient (Wildman–Crippen LogP) is 2.89. The Kier molecular flexibility index (Phi) is 4.67. The number of hydrogen-bond donors (Lipinski definition) is 1. The van der Waals surface area contributed by atoms with Gasteiger partial charge >= 0.3 is 0 Å². The zero-order chi connectivity index (χ0) is 17.9. The van der Waals surface area contributed by atoms with Crippen molar-refractivity contribution in [3.63, 3.8) is 0 Å². The van der Waals surface area contributed by atoms with E-state index < -0.39 is 0 Å². The Labute approximate surface area is 152 Å². The van der Waals surface area contributed by atoms with Crippen LogP contribution in [-0.4, -0.2) is 40.4 Å². The second-order valence-electron chi connectivity index (χ2n) is 6.62. The predicted molar refractivity (Wildman–Crippen MR) is 99.6 cm³/mol. The number of hydrogen-bond acceptors (Lipinski definition) is 4. The summed E-state index contributed by atoms with van der Waals surface area (Å²) in [5, 5.41) is 8.08. The lowest BCUT2D eigenvalue weighted by atomic mass is 9.96. The first-order valence-corrected chi connectivity index (χ1v) is 9.01. The zero-order valence-electron chi connectivity index (χ0n) is 14.8. The van der Waals surface area contributed by atoms with E-state index >= 15 is 0 Å². The number of nitrogens with one attached hydrogen (secondary N) is 1. The van der Waals surface area contributed by atoms with Crippen LogP contribution in [0.3, 0.4) is 0 Å². The molecular weight excluding hydrogens is 328 g/mol. The summed E-state index contributed by atoms with van der Waals surface area (Å²) in [6.45, 7) is 0.736. The first-order valence-electron chi connectivity index (χ1n) is 9.01. The van der Waals surface area contributed by atoms with Crippen molar-refractivity contribution in [1.82, 2.24) is 20.1 Å². The lowest BCUT2D eigenvalue weighted by Crippen LogP contribution is -2.22. The van der Waals surface area contributed by atoms with Gasteiger partial charge in [0, 0.05) is 24.2 Å². The number of carbonyl (C=O) groups excluding carboxylic acids is 1. The number of rotatable bonds is 6. The SMILES string of the molecule is CNC(=O)c1cccc(-n2ncc3cc(CCOC4CCC4)cnc32)c1. The Balaban J connectivity index is 1.54. The van der Waals surface area contributed by atoms with Crippen LogP contribution < -0.4 is 5.32 Å². The fraction of sp³-hybridized carbons (Fsp3) is 0.350. The van der Waals surface area contributed by atoms with Gasteiger partial charge in [0.2, 0.25) is 0 Å². The molecule has 0 radical (unpaired) electrons. The third-order valence-corrected chi connectivity index (χ3v) is 4.84. The van der Waals surface area contributed by atoms with Crippen LogP contribution in [0, 0.1) is 0 Å². The van der Waals surface area contributed by atoms with Crippen LogP contribution >= 0.6 is 0 Å². The topological polar surface area (TPSA) is 69.0 Å².